The van der Waals surface area contributed by atoms with Crippen molar-refractivity contribution >= 4 is 5.91 Å². The van der Waals surface area contributed by atoms with Crippen LogP contribution >= 0.6 is 0 Å². The van der Waals surface area contributed by atoms with Crippen LogP contribution in [0, 0.1) is 0 Å². The monoisotopic (exact) mass is 259 g/mol. The zero-order valence-corrected chi connectivity index (χ0v) is 10.8. The van der Waals surface area contributed by atoms with E-state index >= 15 is 0 Å². The Labute approximate surface area is 111 Å². The lowest BCUT2D eigenvalue weighted by Gasteiger charge is -2.11. The molecule has 0 bridgehead atoms. The second-order valence-electron chi connectivity index (χ2n) is 4.18. The third-order valence-corrected chi connectivity index (χ3v) is 2.80. The number of hydrogen-bond acceptors (Lipinski definition) is 4. The zero-order valence-electron chi connectivity index (χ0n) is 10.8. The Hall–Kier alpha value is -2.14. The van der Waals surface area contributed by atoms with Crippen LogP contribution in [0.25, 0.3) is 0 Å². The van der Waals surface area contributed by atoms with Crippen LogP contribution in [0.3, 0.4) is 0 Å². The van der Waals surface area contributed by atoms with Gasteiger partial charge in [0.1, 0.15) is 11.8 Å². The van der Waals surface area contributed by atoms with Crippen LogP contribution in [0.5, 0.6) is 0 Å². The van der Waals surface area contributed by atoms with Crippen LogP contribution in [-0.4, -0.2) is 10.9 Å². The van der Waals surface area contributed by atoms with Gasteiger partial charge in [-0.3, -0.25) is 4.79 Å². The van der Waals surface area contributed by atoms with E-state index in [9.17, 15) is 4.79 Å². The predicted molar refractivity (Wildman–Crippen MR) is 71.1 cm³/mol. The van der Waals surface area contributed by atoms with E-state index in [2.05, 4.69) is 10.3 Å². The van der Waals surface area contributed by atoms with Crippen LogP contribution < -0.4 is 11.1 Å². The maximum atomic E-state index is 11.9. The third kappa shape index (κ3) is 3.42. The largest absolute Gasteiger partial charge is 0.444 e. The lowest BCUT2D eigenvalue weighted by atomic mass is 10.1. The Kier molecular flexibility index (Phi) is 4.30. The quantitative estimate of drug-likeness (QED) is 0.853. The van der Waals surface area contributed by atoms with Crippen LogP contribution in [0.15, 0.2) is 40.9 Å². The van der Waals surface area contributed by atoms with Gasteiger partial charge in [0.15, 0.2) is 0 Å². The van der Waals surface area contributed by atoms with Gasteiger partial charge in [0, 0.05) is 6.42 Å². The highest BCUT2D eigenvalue weighted by atomic mass is 16.4. The number of hydrogen-bond donors (Lipinski definition) is 2. The highest BCUT2D eigenvalue weighted by Gasteiger charge is 2.15. The van der Waals surface area contributed by atoms with Gasteiger partial charge in [-0.25, -0.2) is 4.98 Å². The Bertz CT molecular complexity index is 537. The lowest BCUT2D eigenvalue weighted by Crippen LogP contribution is -2.33. The minimum absolute atomic E-state index is 0.248. The highest BCUT2D eigenvalue weighted by molar-refractivity contribution is 5.82. The number of nitrogens with one attached hydrogen (secondary N) is 1. The summed E-state index contributed by atoms with van der Waals surface area (Å²) in [5.41, 5.74) is 6.65. The summed E-state index contributed by atoms with van der Waals surface area (Å²) in [5.74, 6) is 1.05. The fourth-order valence-electron chi connectivity index (χ4n) is 1.68. The molecule has 1 aromatic carbocycles. The van der Waals surface area contributed by atoms with Crippen molar-refractivity contribution in [1.29, 1.82) is 0 Å². The molecule has 0 aliphatic heterocycles. The number of oxazole rings is 1. The van der Waals surface area contributed by atoms with Crippen molar-refractivity contribution < 1.29 is 9.21 Å². The van der Waals surface area contributed by atoms with E-state index in [0.29, 0.717) is 5.89 Å². The van der Waals surface area contributed by atoms with E-state index in [1.54, 1.807) is 6.20 Å². The number of benzene rings is 1. The third-order valence-electron chi connectivity index (χ3n) is 2.80. The van der Waals surface area contributed by atoms with Crippen molar-refractivity contribution in [2.75, 3.05) is 0 Å². The Morgan fingerprint density at radius 3 is 2.79 bits per heavy atom. The van der Waals surface area contributed by atoms with Gasteiger partial charge < -0.3 is 15.5 Å². The van der Waals surface area contributed by atoms with Crippen molar-refractivity contribution in [3.8, 4) is 0 Å². The van der Waals surface area contributed by atoms with Gasteiger partial charge in [0.25, 0.3) is 0 Å². The Morgan fingerprint density at radius 1 is 1.42 bits per heavy atom. The summed E-state index contributed by atoms with van der Waals surface area (Å²) >= 11 is 0. The molecule has 1 amide bonds. The second-order valence-corrected chi connectivity index (χ2v) is 4.18. The smallest absolute Gasteiger partial charge is 0.241 e. The lowest BCUT2D eigenvalue weighted by molar-refractivity contribution is -0.122. The summed E-state index contributed by atoms with van der Waals surface area (Å²) in [4.78, 5) is 16.0. The van der Waals surface area contributed by atoms with Gasteiger partial charge in [-0.1, -0.05) is 37.3 Å². The van der Waals surface area contributed by atoms with Gasteiger partial charge in [-0.15, -0.1) is 0 Å². The molecule has 1 heterocycles. The highest BCUT2D eigenvalue weighted by Crippen LogP contribution is 2.10. The van der Waals surface area contributed by atoms with Crippen LogP contribution in [0.2, 0.25) is 0 Å². The fourth-order valence-corrected chi connectivity index (χ4v) is 1.68. The molecule has 2 rings (SSSR count). The maximum absolute atomic E-state index is 11.9. The average molecular weight is 259 g/mol. The molecular formula is C14H17N3O2. The normalized spacial score (nSPS) is 12.1. The molecule has 0 radical (unpaired) electrons. The van der Waals surface area contributed by atoms with Crippen molar-refractivity contribution in [2.24, 2.45) is 5.73 Å². The molecule has 0 spiro atoms. The molecule has 3 N–H and O–H groups in total. The van der Waals surface area contributed by atoms with Crippen molar-refractivity contribution in [3.05, 3.63) is 53.7 Å². The van der Waals surface area contributed by atoms with E-state index < -0.39 is 6.04 Å². The first-order chi connectivity index (χ1) is 9.20. The molecule has 1 aromatic heterocycles. The number of carbonyl (C=O) groups excluding carboxylic acids is 1. The first kappa shape index (κ1) is 13.3. The number of amides is 1. The van der Waals surface area contributed by atoms with E-state index in [4.69, 9.17) is 10.2 Å². The summed E-state index contributed by atoms with van der Waals surface area (Å²) < 4.78 is 5.40. The van der Waals surface area contributed by atoms with E-state index in [-0.39, 0.29) is 12.5 Å². The standard InChI is InChI=1S/C14H17N3O2/c1-2-11-8-16-12(19-11)9-17-14(18)13(15)10-6-4-3-5-7-10/h3-8,13H,2,9,15H2,1H3,(H,17,18)/t13-/m1/s1. The molecule has 1 atom stereocenters. The van der Waals surface area contributed by atoms with Gasteiger partial charge in [-0.2, -0.15) is 0 Å². The molecular weight excluding hydrogens is 242 g/mol. The topological polar surface area (TPSA) is 81.2 Å². The van der Waals surface area contributed by atoms with E-state index in [1.165, 1.54) is 0 Å². The van der Waals surface area contributed by atoms with Crippen molar-refractivity contribution in [1.82, 2.24) is 10.3 Å². The number of nitrogens with two attached hydrogens (primary N) is 1. The molecule has 0 saturated heterocycles. The first-order valence-corrected chi connectivity index (χ1v) is 6.22. The molecule has 0 saturated carbocycles. The van der Waals surface area contributed by atoms with Crippen molar-refractivity contribution in [2.45, 2.75) is 25.9 Å². The average Bonchev–Trinajstić information content (AvgIpc) is 2.93. The number of carbonyl (C=O) groups is 1. The van der Waals surface area contributed by atoms with Gasteiger partial charge in [0.05, 0.1) is 12.7 Å². The minimum Gasteiger partial charge on any atom is -0.444 e. The van der Waals surface area contributed by atoms with E-state index in [0.717, 1.165) is 17.7 Å². The fraction of sp³-hybridized carbons (Fsp3) is 0.286. The summed E-state index contributed by atoms with van der Waals surface area (Å²) in [6, 6.07) is 8.55. The number of rotatable bonds is 5. The van der Waals surface area contributed by atoms with Crippen molar-refractivity contribution in [3.63, 3.8) is 0 Å². The number of aryl methyl sites for hydroxylation is 1. The summed E-state index contributed by atoms with van der Waals surface area (Å²) in [5, 5.41) is 2.71. The van der Waals surface area contributed by atoms with Gasteiger partial charge >= 0.3 is 0 Å². The van der Waals surface area contributed by atoms with E-state index in [1.807, 2.05) is 37.3 Å². The SMILES string of the molecule is CCc1cnc(CNC(=O)[C@H](N)c2ccccc2)o1. The first-order valence-electron chi connectivity index (χ1n) is 6.22. The molecule has 0 aliphatic carbocycles. The Morgan fingerprint density at radius 2 is 2.16 bits per heavy atom. The Balaban J connectivity index is 1.91. The zero-order chi connectivity index (χ0) is 13.7. The molecule has 100 valence electrons. The predicted octanol–water partition coefficient (Wildman–Crippen LogP) is 1.55. The van der Waals surface area contributed by atoms with Crippen LogP contribution in [0.1, 0.15) is 30.2 Å². The molecule has 0 aliphatic rings. The van der Waals surface area contributed by atoms with Crippen LogP contribution in [0.4, 0.5) is 0 Å². The van der Waals surface area contributed by atoms with Gasteiger partial charge in [-0.05, 0) is 5.56 Å². The van der Waals surface area contributed by atoms with Crippen LogP contribution in [-0.2, 0) is 17.8 Å². The molecule has 0 fully saturated rings. The number of aromatic nitrogens is 1. The second kappa shape index (κ2) is 6.15. The molecule has 2 aromatic rings. The minimum atomic E-state index is -0.679. The molecule has 0 unspecified atom stereocenters. The summed E-state index contributed by atoms with van der Waals surface area (Å²) in [6.45, 7) is 2.23. The molecule has 19 heavy (non-hydrogen) atoms. The van der Waals surface area contributed by atoms with Gasteiger partial charge in [0.2, 0.25) is 11.8 Å². The number of nitrogens with zero attached hydrogens (tertiary/aromatic N) is 1. The molecule has 5 nitrogen and oxygen atoms in total. The maximum Gasteiger partial charge on any atom is 0.241 e. The molecule has 5 heteroatoms. The summed E-state index contributed by atoms with van der Waals surface area (Å²) in [7, 11) is 0. The summed E-state index contributed by atoms with van der Waals surface area (Å²) in [6.07, 6.45) is 2.45.